The molecule has 1 aromatic carbocycles. The van der Waals surface area contributed by atoms with Crippen molar-refractivity contribution in [1.29, 1.82) is 0 Å². The first-order chi connectivity index (χ1) is 8.02. The van der Waals surface area contributed by atoms with E-state index in [1.807, 2.05) is 65.8 Å². The van der Waals surface area contributed by atoms with Crippen LogP contribution >= 0.6 is 0 Å². The van der Waals surface area contributed by atoms with E-state index in [2.05, 4.69) is 0 Å². The van der Waals surface area contributed by atoms with Gasteiger partial charge in [-0.2, -0.15) is 0 Å². The zero-order valence-electron chi connectivity index (χ0n) is 11.8. The summed E-state index contributed by atoms with van der Waals surface area (Å²) in [7, 11) is 0. The van der Waals surface area contributed by atoms with Crippen LogP contribution in [0.1, 0.15) is 51.9 Å². The van der Waals surface area contributed by atoms with Gasteiger partial charge in [-0.25, -0.2) is 0 Å². The van der Waals surface area contributed by atoms with E-state index in [-0.39, 0.29) is 17.8 Å². The lowest BCUT2D eigenvalue weighted by Gasteiger charge is -2.14. The Morgan fingerprint density at radius 1 is 1.06 bits per heavy atom. The van der Waals surface area contributed by atoms with E-state index in [0.717, 1.165) is 0 Å². The van der Waals surface area contributed by atoms with Crippen molar-refractivity contribution in [3.8, 4) is 5.75 Å². The van der Waals surface area contributed by atoms with E-state index in [4.69, 9.17) is 4.74 Å². The Hall–Kier alpha value is -1.31. The van der Waals surface area contributed by atoms with Gasteiger partial charge in [0.05, 0.1) is 11.7 Å². The molecule has 0 saturated heterocycles. The summed E-state index contributed by atoms with van der Waals surface area (Å²) < 4.78 is 5.60. The fraction of sp³-hybridized carbons (Fsp3) is 0.533. The molecule has 0 aliphatic heterocycles. The summed E-state index contributed by atoms with van der Waals surface area (Å²) in [5.41, 5.74) is 0.682. The highest BCUT2D eigenvalue weighted by molar-refractivity contribution is 5.99. The number of benzene rings is 1. The second kappa shape index (κ2) is 7.88. The average molecular weight is 236 g/mol. The minimum atomic E-state index is 0.00177. The summed E-state index contributed by atoms with van der Waals surface area (Å²) >= 11 is 0. The average Bonchev–Trinajstić information content (AvgIpc) is 2.30. The molecular formula is C15H24O2. The van der Waals surface area contributed by atoms with E-state index in [1.54, 1.807) is 0 Å². The van der Waals surface area contributed by atoms with Crippen LogP contribution in [0.4, 0.5) is 0 Å². The monoisotopic (exact) mass is 236 g/mol. The van der Waals surface area contributed by atoms with Gasteiger partial charge in [0.1, 0.15) is 5.75 Å². The number of rotatable bonds is 4. The van der Waals surface area contributed by atoms with Crippen LogP contribution < -0.4 is 4.74 Å². The Kier molecular flexibility index (Phi) is 7.27. The minimum Gasteiger partial charge on any atom is -0.490 e. The minimum absolute atomic E-state index is 0.00177. The topological polar surface area (TPSA) is 26.3 Å². The first-order valence-electron chi connectivity index (χ1n) is 6.32. The van der Waals surface area contributed by atoms with Crippen molar-refractivity contribution in [3.05, 3.63) is 29.8 Å². The van der Waals surface area contributed by atoms with Gasteiger partial charge in [-0.1, -0.05) is 39.8 Å². The Morgan fingerprint density at radius 3 is 2.06 bits per heavy atom. The van der Waals surface area contributed by atoms with Gasteiger partial charge in [0, 0.05) is 5.92 Å². The van der Waals surface area contributed by atoms with Gasteiger partial charge in [-0.3, -0.25) is 4.79 Å². The predicted octanol–water partition coefficient (Wildman–Crippen LogP) is 4.34. The highest BCUT2D eigenvalue weighted by Crippen LogP contribution is 2.22. The number of para-hydroxylation sites is 1. The van der Waals surface area contributed by atoms with Gasteiger partial charge in [-0.15, -0.1) is 0 Å². The number of hydrogen-bond acceptors (Lipinski definition) is 2. The molecule has 0 saturated carbocycles. The highest BCUT2D eigenvalue weighted by atomic mass is 16.5. The van der Waals surface area contributed by atoms with Crippen LogP contribution in [0.3, 0.4) is 0 Å². The normalized spacial score (nSPS) is 9.88. The fourth-order valence-corrected chi connectivity index (χ4v) is 1.34. The Bertz CT molecular complexity index is 341. The highest BCUT2D eigenvalue weighted by Gasteiger charge is 2.15. The molecular weight excluding hydrogens is 212 g/mol. The third-order valence-corrected chi connectivity index (χ3v) is 2.04. The molecule has 0 amide bonds. The Morgan fingerprint density at radius 2 is 1.59 bits per heavy atom. The molecule has 1 aromatic rings. The maximum Gasteiger partial charge on any atom is 0.169 e. The third-order valence-electron chi connectivity index (χ3n) is 2.04. The molecule has 0 spiro atoms. The van der Waals surface area contributed by atoms with Crippen LogP contribution in [-0.2, 0) is 0 Å². The maximum atomic E-state index is 11.9. The number of carbonyl (C=O) groups excluding carboxylic acids is 1. The Labute approximate surface area is 105 Å². The molecule has 17 heavy (non-hydrogen) atoms. The van der Waals surface area contributed by atoms with Crippen molar-refractivity contribution in [1.82, 2.24) is 0 Å². The van der Waals surface area contributed by atoms with Gasteiger partial charge in [0.25, 0.3) is 0 Å². The summed E-state index contributed by atoms with van der Waals surface area (Å²) in [6.45, 7) is 11.7. The van der Waals surface area contributed by atoms with Crippen molar-refractivity contribution in [3.63, 3.8) is 0 Å². The largest absolute Gasteiger partial charge is 0.490 e. The van der Waals surface area contributed by atoms with Crippen LogP contribution in [0.15, 0.2) is 24.3 Å². The van der Waals surface area contributed by atoms with Crippen molar-refractivity contribution in [2.24, 2.45) is 5.92 Å². The van der Waals surface area contributed by atoms with Crippen molar-refractivity contribution < 1.29 is 9.53 Å². The molecule has 96 valence electrons. The molecule has 0 unspecified atom stereocenters. The first kappa shape index (κ1) is 15.7. The molecule has 0 N–H and O–H groups in total. The Balaban J connectivity index is 0.00000121. The van der Waals surface area contributed by atoms with E-state index >= 15 is 0 Å². The number of ether oxygens (including phenoxy) is 1. The second-order valence-electron chi connectivity index (χ2n) is 4.18. The molecule has 0 aliphatic carbocycles. The molecule has 2 nitrogen and oxygen atoms in total. The molecule has 0 fully saturated rings. The van der Waals surface area contributed by atoms with Crippen LogP contribution in [0.25, 0.3) is 0 Å². The summed E-state index contributed by atoms with van der Waals surface area (Å²) in [6.07, 6.45) is 0.0890. The third kappa shape index (κ3) is 5.03. The summed E-state index contributed by atoms with van der Waals surface area (Å²) in [6, 6.07) is 7.41. The molecule has 0 heterocycles. The van der Waals surface area contributed by atoms with Crippen LogP contribution in [0, 0.1) is 5.92 Å². The van der Waals surface area contributed by atoms with Gasteiger partial charge < -0.3 is 4.74 Å². The fourth-order valence-electron chi connectivity index (χ4n) is 1.34. The quantitative estimate of drug-likeness (QED) is 0.727. The van der Waals surface area contributed by atoms with Crippen molar-refractivity contribution in [2.75, 3.05) is 0 Å². The molecule has 2 heteroatoms. The van der Waals surface area contributed by atoms with Crippen LogP contribution in [0.2, 0.25) is 0 Å². The molecule has 0 aromatic heterocycles. The zero-order chi connectivity index (χ0) is 13.4. The summed E-state index contributed by atoms with van der Waals surface area (Å²) in [5, 5.41) is 0. The van der Waals surface area contributed by atoms with Crippen molar-refractivity contribution in [2.45, 2.75) is 47.6 Å². The molecule has 0 bridgehead atoms. The summed E-state index contributed by atoms with van der Waals surface area (Å²) in [4.78, 5) is 11.9. The smallest absolute Gasteiger partial charge is 0.169 e. The first-order valence-corrected chi connectivity index (χ1v) is 6.32. The maximum absolute atomic E-state index is 11.9. The molecule has 0 aliphatic rings. The standard InChI is InChI=1S/C13H18O2.C2H6/c1-9(2)13(14)11-7-5-6-8-12(11)15-10(3)4;1-2/h5-10H,1-4H3;1-2H3. The van der Waals surface area contributed by atoms with E-state index in [9.17, 15) is 4.79 Å². The second-order valence-corrected chi connectivity index (χ2v) is 4.18. The van der Waals surface area contributed by atoms with E-state index < -0.39 is 0 Å². The molecule has 0 atom stereocenters. The predicted molar refractivity (Wildman–Crippen MR) is 72.7 cm³/mol. The number of ketones is 1. The van der Waals surface area contributed by atoms with Gasteiger partial charge in [0.2, 0.25) is 0 Å². The van der Waals surface area contributed by atoms with Gasteiger partial charge in [0.15, 0.2) is 5.78 Å². The SMILES string of the molecule is CC.CC(C)Oc1ccccc1C(=O)C(C)C. The lowest BCUT2D eigenvalue weighted by atomic mass is 10.0. The number of carbonyl (C=O) groups is 1. The van der Waals surface area contributed by atoms with Gasteiger partial charge in [-0.05, 0) is 26.0 Å². The van der Waals surface area contributed by atoms with Crippen LogP contribution in [0.5, 0.6) is 5.75 Å². The molecule has 0 radical (unpaired) electrons. The number of Topliss-reactive ketones (excluding diaryl/α,β-unsaturated/α-hetero) is 1. The summed E-state index contributed by atoms with van der Waals surface area (Å²) in [5.74, 6) is 0.819. The van der Waals surface area contributed by atoms with Gasteiger partial charge >= 0.3 is 0 Å². The van der Waals surface area contributed by atoms with Crippen molar-refractivity contribution >= 4 is 5.78 Å². The van der Waals surface area contributed by atoms with E-state index in [1.165, 1.54) is 0 Å². The number of hydrogen-bond donors (Lipinski definition) is 0. The van der Waals surface area contributed by atoms with E-state index in [0.29, 0.717) is 11.3 Å². The molecule has 1 rings (SSSR count). The lowest BCUT2D eigenvalue weighted by molar-refractivity contribution is 0.0933. The zero-order valence-corrected chi connectivity index (χ0v) is 11.8. The lowest BCUT2D eigenvalue weighted by Crippen LogP contribution is -2.13. The van der Waals surface area contributed by atoms with Crippen LogP contribution in [-0.4, -0.2) is 11.9 Å².